The highest BCUT2D eigenvalue weighted by Crippen LogP contribution is 2.08. The van der Waals surface area contributed by atoms with Gasteiger partial charge in [0, 0.05) is 26.2 Å². The summed E-state index contributed by atoms with van der Waals surface area (Å²) in [5, 5.41) is 8.78. The molecule has 0 spiro atoms. The normalized spacial score (nSPS) is 19.5. The van der Waals surface area contributed by atoms with Crippen LogP contribution in [0, 0.1) is 5.82 Å². The fraction of sp³-hybridized carbons (Fsp3) is 0.471. The fourth-order valence-electron chi connectivity index (χ4n) is 2.61. The van der Waals surface area contributed by atoms with Gasteiger partial charge >= 0.3 is 5.97 Å². The maximum Gasteiger partial charge on any atom is 0.317 e. The van der Waals surface area contributed by atoms with Crippen LogP contribution in [0.1, 0.15) is 5.56 Å². The summed E-state index contributed by atoms with van der Waals surface area (Å²) in [6.07, 6.45) is 4.05. The molecule has 0 aliphatic carbocycles. The second-order valence-electron chi connectivity index (χ2n) is 5.80. The zero-order valence-corrected chi connectivity index (χ0v) is 13.3. The number of rotatable bonds is 7. The summed E-state index contributed by atoms with van der Waals surface area (Å²) in [6, 6.07) is 6.38. The Labute approximate surface area is 136 Å². The minimum absolute atomic E-state index is 0.0182. The van der Waals surface area contributed by atoms with Crippen molar-refractivity contribution in [1.82, 2.24) is 9.80 Å². The minimum atomic E-state index is -0.831. The first-order valence-electron chi connectivity index (χ1n) is 7.69. The number of aliphatic carboxylic acids is 1. The number of nitrogens with zero attached hydrogens (tertiary/aromatic N) is 2. The van der Waals surface area contributed by atoms with Crippen molar-refractivity contribution in [3.8, 4) is 0 Å². The third-order valence-corrected chi connectivity index (χ3v) is 3.69. The number of carboxylic acids is 1. The second-order valence-corrected chi connectivity index (χ2v) is 5.80. The van der Waals surface area contributed by atoms with Crippen molar-refractivity contribution in [2.24, 2.45) is 0 Å². The van der Waals surface area contributed by atoms with Crippen molar-refractivity contribution < 1.29 is 19.0 Å². The predicted molar refractivity (Wildman–Crippen MR) is 86.7 cm³/mol. The van der Waals surface area contributed by atoms with E-state index in [9.17, 15) is 9.18 Å². The fourth-order valence-corrected chi connectivity index (χ4v) is 2.61. The van der Waals surface area contributed by atoms with Crippen molar-refractivity contribution in [1.29, 1.82) is 0 Å². The molecule has 0 radical (unpaired) electrons. The van der Waals surface area contributed by atoms with E-state index in [1.54, 1.807) is 24.1 Å². The molecule has 0 amide bonds. The van der Waals surface area contributed by atoms with E-state index in [0.29, 0.717) is 13.2 Å². The molecule has 1 N–H and O–H groups in total. The summed E-state index contributed by atoms with van der Waals surface area (Å²) in [6.45, 7) is 3.69. The van der Waals surface area contributed by atoms with Crippen molar-refractivity contribution in [2.45, 2.75) is 6.10 Å². The molecule has 1 aliphatic rings. The van der Waals surface area contributed by atoms with E-state index in [1.807, 2.05) is 6.08 Å². The molecule has 1 atom stereocenters. The average Bonchev–Trinajstić information content (AvgIpc) is 2.49. The number of benzene rings is 1. The molecule has 23 heavy (non-hydrogen) atoms. The van der Waals surface area contributed by atoms with Gasteiger partial charge < -0.3 is 9.84 Å². The first kappa shape index (κ1) is 17.6. The van der Waals surface area contributed by atoms with E-state index >= 15 is 0 Å². The van der Waals surface area contributed by atoms with Crippen molar-refractivity contribution >= 4 is 12.0 Å². The van der Waals surface area contributed by atoms with Crippen LogP contribution in [0.15, 0.2) is 30.3 Å². The molecule has 126 valence electrons. The van der Waals surface area contributed by atoms with Crippen LogP contribution >= 0.6 is 0 Å². The molecule has 1 saturated heterocycles. The molecule has 1 unspecified atom stereocenters. The van der Waals surface area contributed by atoms with Gasteiger partial charge in [-0.25, -0.2) is 4.39 Å². The Balaban J connectivity index is 1.77. The first-order valence-corrected chi connectivity index (χ1v) is 7.69. The molecule has 1 aromatic rings. The van der Waals surface area contributed by atoms with Crippen LogP contribution in [0.2, 0.25) is 0 Å². The Bertz CT molecular complexity index is 533. The molecular weight excluding hydrogens is 299 g/mol. The Hall–Kier alpha value is -1.76. The molecule has 0 bridgehead atoms. The van der Waals surface area contributed by atoms with Crippen LogP contribution in [0.5, 0.6) is 0 Å². The lowest BCUT2D eigenvalue weighted by atomic mass is 10.2. The molecule has 1 aromatic carbocycles. The highest BCUT2D eigenvalue weighted by atomic mass is 19.1. The van der Waals surface area contributed by atoms with E-state index < -0.39 is 5.97 Å². The monoisotopic (exact) mass is 322 g/mol. The van der Waals surface area contributed by atoms with Crippen LogP contribution in [0.25, 0.3) is 6.08 Å². The molecule has 2 rings (SSSR count). The van der Waals surface area contributed by atoms with Gasteiger partial charge in [-0.1, -0.05) is 24.3 Å². The van der Waals surface area contributed by atoms with E-state index in [1.165, 1.54) is 12.1 Å². The third-order valence-electron chi connectivity index (χ3n) is 3.69. The molecule has 6 heteroatoms. The van der Waals surface area contributed by atoms with Gasteiger partial charge in [-0.15, -0.1) is 0 Å². The summed E-state index contributed by atoms with van der Waals surface area (Å²) in [5.74, 6) is -1.06. The van der Waals surface area contributed by atoms with Gasteiger partial charge in [-0.2, -0.15) is 0 Å². The van der Waals surface area contributed by atoms with Gasteiger partial charge in [0.05, 0.1) is 19.3 Å². The zero-order chi connectivity index (χ0) is 16.7. The maximum atomic E-state index is 12.8. The summed E-state index contributed by atoms with van der Waals surface area (Å²) in [5.41, 5.74) is 0.970. The van der Waals surface area contributed by atoms with E-state index in [4.69, 9.17) is 9.84 Å². The number of hydrogen-bond acceptors (Lipinski definition) is 4. The predicted octanol–water partition coefficient (Wildman–Crippen LogP) is 1.56. The quantitative estimate of drug-likeness (QED) is 0.825. The van der Waals surface area contributed by atoms with Crippen LogP contribution in [-0.4, -0.2) is 73.4 Å². The van der Waals surface area contributed by atoms with Crippen LogP contribution in [0.4, 0.5) is 4.39 Å². The SMILES string of the molecule is CN(CC(=O)O)CC1CN(C/C=C/c2ccc(F)cc2)CCO1. The molecule has 1 heterocycles. The Morgan fingerprint density at radius 1 is 1.48 bits per heavy atom. The topological polar surface area (TPSA) is 53.0 Å². The van der Waals surface area contributed by atoms with E-state index in [2.05, 4.69) is 11.0 Å². The van der Waals surface area contributed by atoms with Crippen LogP contribution in [0.3, 0.4) is 0 Å². The molecule has 0 aromatic heterocycles. The molecule has 1 fully saturated rings. The Morgan fingerprint density at radius 2 is 2.22 bits per heavy atom. The smallest absolute Gasteiger partial charge is 0.317 e. The van der Waals surface area contributed by atoms with Gasteiger partial charge in [-0.05, 0) is 24.7 Å². The number of carboxylic acid groups (broad SMARTS) is 1. The van der Waals surface area contributed by atoms with Crippen molar-refractivity contribution in [3.63, 3.8) is 0 Å². The number of carbonyl (C=O) groups is 1. The summed E-state index contributed by atoms with van der Waals surface area (Å²) < 4.78 is 18.5. The molecule has 1 aliphatic heterocycles. The van der Waals surface area contributed by atoms with Gasteiger partial charge in [0.1, 0.15) is 5.82 Å². The van der Waals surface area contributed by atoms with Gasteiger partial charge in [-0.3, -0.25) is 14.6 Å². The number of hydrogen-bond donors (Lipinski definition) is 1. The average molecular weight is 322 g/mol. The number of likely N-dealkylation sites (N-methyl/N-ethyl adjacent to an activating group) is 1. The lowest BCUT2D eigenvalue weighted by Crippen LogP contribution is -2.47. The Morgan fingerprint density at radius 3 is 2.91 bits per heavy atom. The van der Waals surface area contributed by atoms with Gasteiger partial charge in [0.2, 0.25) is 0 Å². The maximum absolute atomic E-state index is 12.8. The zero-order valence-electron chi connectivity index (χ0n) is 13.3. The van der Waals surface area contributed by atoms with E-state index in [0.717, 1.165) is 25.2 Å². The van der Waals surface area contributed by atoms with Gasteiger partial charge in [0.15, 0.2) is 0 Å². The van der Waals surface area contributed by atoms with Gasteiger partial charge in [0.25, 0.3) is 0 Å². The number of ether oxygens (including phenoxy) is 1. The summed E-state index contributed by atoms with van der Waals surface area (Å²) >= 11 is 0. The standard InChI is InChI=1S/C17H23FN2O3/c1-19(13-17(21)22)11-16-12-20(9-10-23-16)8-2-3-14-4-6-15(18)7-5-14/h2-7,16H,8-13H2,1H3,(H,21,22)/b3-2+. The van der Waals surface area contributed by atoms with Crippen molar-refractivity contribution in [2.75, 3.05) is 46.4 Å². The number of morpholine rings is 1. The van der Waals surface area contributed by atoms with Crippen LogP contribution in [-0.2, 0) is 9.53 Å². The largest absolute Gasteiger partial charge is 0.480 e. The number of halogens is 1. The highest BCUT2D eigenvalue weighted by molar-refractivity contribution is 5.69. The lowest BCUT2D eigenvalue weighted by Gasteiger charge is -2.34. The first-order chi connectivity index (χ1) is 11.0. The third kappa shape index (κ3) is 6.48. The second kappa shape index (κ2) is 8.76. The lowest BCUT2D eigenvalue weighted by molar-refractivity contribution is -0.138. The van der Waals surface area contributed by atoms with E-state index in [-0.39, 0.29) is 18.5 Å². The molecule has 5 nitrogen and oxygen atoms in total. The molecular formula is C17H23FN2O3. The summed E-state index contributed by atoms with van der Waals surface area (Å²) in [7, 11) is 1.78. The summed E-state index contributed by atoms with van der Waals surface area (Å²) in [4.78, 5) is 14.7. The van der Waals surface area contributed by atoms with Crippen LogP contribution < -0.4 is 0 Å². The van der Waals surface area contributed by atoms with Crippen molar-refractivity contribution in [3.05, 3.63) is 41.7 Å². The Kier molecular flexibility index (Phi) is 6.70. The highest BCUT2D eigenvalue weighted by Gasteiger charge is 2.21. The molecule has 0 saturated carbocycles. The minimum Gasteiger partial charge on any atom is -0.480 e.